The Morgan fingerprint density at radius 1 is 1.32 bits per heavy atom. The molecule has 0 atom stereocenters. The van der Waals surface area contributed by atoms with Crippen molar-refractivity contribution < 1.29 is 9.47 Å². The van der Waals surface area contributed by atoms with Crippen LogP contribution in [0.2, 0.25) is 0 Å². The number of H-pyrrole nitrogens is 1. The number of nitrogens with one attached hydrogen (secondary N) is 1. The van der Waals surface area contributed by atoms with E-state index in [0.29, 0.717) is 17.8 Å². The normalized spacial score (nSPS) is 16.0. The summed E-state index contributed by atoms with van der Waals surface area (Å²) < 4.78 is 13.0. The van der Waals surface area contributed by atoms with E-state index in [1.165, 1.54) is 0 Å². The van der Waals surface area contributed by atoms with Gasteiger partial charge in [-0.2, -0.15) is 0 Å². The molecule has 1 aliphatic rings. The van der Waals surface area contributed by atoms with Gasteiger partial charge in [0.2, 0.25) is 0 Å². The van der Waals surface area contributed by atoms with Crippen LogP contribution in [-0.2, 0) is 17.8 Å². The second-order valence-electron chi connectivity index (χ2n) is 6.70. The third-order valence-electron chi connectivity index (χ3n) is 4.46. The van der Waals surface area contributed by atoms with Gasteiger partial charge in [-0.25, -0.2) is 0 Å². The molecule has 1 N–H and O–H groups in total. The van der Waals surface area contributed by atoms with Crippen LogP contribution in [0.1, 0.15) is 24.3 Å². The van der Waals surface area contributed by atoms with Crippen molar-refractivity contribution in [3.8, 4) is 11.4 Å². The zero-order valence-corrected chi connectivity index (χ0v) is 15.8. The molecule has 5 nitrogen and oxygen atoms in total. The highest BCUT2D eigenvalue weighted by atomic mass is 32.1. The number of hydrogen-bond donors (Lipinski definition) is 1. The summed E-state index contributed by atoms with van der Waals surface area (Å²) in [6, 6.07) is 7.31. The molecule has 3 aromatic rings. The van der Waals surface area contributed by atoms with E-state index in [0.717, 1.165) is 32.1 Å². The summed E-state index contributed by atoms with van der Waals surface area (Å²) in [4.78, 5) is 18.4. The van der Waals surface area contributed by atoms with Crippen molar-refractivity contribution in [2.24, 2.45) is 0 Å². The Balaban J connectivity index is 1.97. The summed E-state index contributed by atoms with van der Waals surface area (Å²) in [6.45, 7) is 4.63. The Labute approximate surface area is 153 Å². The first-order valence-corrected chi connectivity index (χ1v) is 9.20. The minimum absolute atomic E-state index is 0.0842. The number of nitrogens with zero attached hydrogens (tertiary/aromatic N) is 1. The van der Waals surface area contributed by atoms with E-state index in [1.807, 2.05) is 38.1 Å². The van der Waals surface area contributed by atoms with Crippen molar-refractivity contribution in [2.75, 3.05) is 7.11 Å². The highest BCUT2D eigenvalue weighted by Gasteiger charge is 2.30. The Morgan fingerprint density at radius 2 is 2.04 bits per heavy atom. The lowest BCUT2D eigenvalue weighted by Gasteiger charge is -2.29. The van der Waals surface area contributed by atoms with Gasteiger partial charge < -0.3 is 14.5 Å². The molecule has 25 heavy (non-hydrogen) atoms. The maximum atomic E-state index is 13.3. The molecule has 1 aromatic carbocycles. The number of rotatable bonds is 2. The SMILES string of the molecule is COc1ccc(-n2c(=S)[nH]c3sc4c(c3c2=O)CC(C)(C)OC4)cc1. The number of methoxy groups -OCH3 is 1. The number of benzene rings is 1. The average molecular weight is 374 g/mol. The number of hydrogen-bond acceptors (Lipinski definition) is 5. The van der Waals surface area contributed by atoms with Gasteiger partial charge in [0, 0.05) is 11.3 Å². The van der Waals surface area contributed by atoms with Crippen molar-refractivity contribution in [1.82, 2.24) is 9.55 Å². The highest BCUT2D eigenvalue weighted by molar-refractivity contribution is 7.71. The monoisotopic (exact) mass is 374 g/mol. The maximum absolute atomic E-state index is 13.3. The van der Waals surface area contributed by atoms with Gasteiger partial charge in [-0.05, 0) is 55.9 Å². The third-order valence-corrected chi connectivity index (χ3v) is 5.86. The van der Waals surface area contributed by atoms with E-state index < -0.39 is 0 Å². The second-order valence-corrected chi connectivity index (χ2v) is 8.19. The number of ether oxygens (including phenoxy) is 2. The van der Waals surface area contributed by atoms with Crippen LogP contribution in [0.3, 0.4) is 0 Å². The predicted octanol–water partition coefficient (Wildman–Crippen LogP) is 3.97. The first-order valence-electron chi connectivity index (χ1n) is 7.97. The van der Waals surface area contributed by atoms with Gasteiger partial charge in [-0.1, -0.05) is 0 Å². The van der Waals surface area contributed by atoms with Gasteiger partial charge in [-0.15, -0.1) is 11.3 Å². The van der Waals surface area contributed by atoms with Gasteiger partial charge in [0.1, 0.15) is 10.6 Å². The van der Waals surface area contributed by atoms with Crippen LogP contribution in [0, 0.1) is 4.77 Å². The summed E-state index contributed by atoms with van der Waals surface area (Å²) >= 11 is 7.01. The van der Waals surface area contributed by atoms with E-state index in [9.17, 15) is 4.79 Å². The van der Waals surface area contributed by atoms with Crippen molar-refractivity contribution in [1.29, 1.82) is 0 Å². The second kappa shape index (κ2) is 5.79. The molecule has 0 fully saturated rings. The fourth-order valence-corrected chi connectivity index (χ4v) is 4.67. The van der Waals surface area contributed by atoms with Crippen LogP contribution < -0.4 is 10.3 Å². The molecule has 1 aliphatic heterocycles. The topological polar surface area (TPSA) is 56.2 Å². The molecule has 0 aliphatic carbocycles. The molecular formula is C18H18N2O3S2. The molecule has 0 saturated heterocycles. The molecule has 2 aromatic heterocycles. The zero-order valence-electron chi connectivity index (χ0n) is 14.2. The fourth-order valence-electron chi connectivity index (χ4n) is 3.19. The van der Waals surface area contributed by atoms with Crippen LogP contribution in [0.25, 0.3) is 15.9 Å². The maximum Gasteiger partial charge on any atom is 0.267 e. The standard InChI is InChI=1S/C18H18N2O3S2/c1-18(2)8-12-13(9-23-18)25-15-14(12)16(21)20(17(24)19-15)10-4-6-11(22-3)7-5-10/h4-7H,8-9H2,1-3H3,(H,19,24). The van der Waals surface area contributed by atoms with Crippen LogP contribution >= 0.6 is 23.6 Å². The van der Waals surface area contributed by atoms with Crippen molar-refractivity contribution >= 4 is 33.8 Å². The third kappa shape index (κ3) is 2.72. The first kappa shape index (κ1) is 16.5. The Kier molecular flexibility index (Phi) is 3.82. The van der Waals surface area contributed by atoms with Crippen LogP contribution in [-0.4, -0.2) is 22.3 Å². The van der Waals surface area contributed by atoms with Crippen molar-refractivity contribution in [2.45, 2.75) is 32.5 Å². The van der Waals surface area contributed by atoms with Gasteiger partial charge in [0.15, 0.2) is 4.77 Å². The molecule has 0 spiro atoms. The molecule has 130 valence electrons. The summed E-state index contributed by atoms with van der Waals surface area (Å²) in [5, 5.41) is 0.723. The van der Waals surface area contributed by atoms with E-state index >= 15 is 0 Å². The first-order chi connectivity index (χ1) is 11.9. The Bertz CT molecular complexity index is 1070. The van der Waals surface area contributed by atoms with Crippen LogP contribution in [0.15, 0.2) is 29.1 Å². The quantitative estimate of drug-likeness (QED) is 0.690. The van der Waals surface area contributed by atoms with Crippen molar-refractivity contribution in [3.63, 3.8) is 0 Å². The Morgan fingerprint density at radius 3 is 2.72 bits per heavy atom. The van der Waals surface area contributed by atoms with E-state index in [4.69, 9.17) is 21.7 Å². The molecule has 0 saturated carbocycles. The minimum Gasteiger partial charge on any atom is -0.497 e. The van der Waals surface area contributed by atoms with Crippen LogP contribution in [0.4, 0.5) is 0 Å². The predicted molar refractivity (Wildman–Crippen MR) is 102 cm³/mol. The molecule has 0 radical (unpaired) electrons. The van der Waals surface area contributed by atoms with E-state index in [2.05, 4.69) is 4.98 Å². The van der Waals surface area contributed by atoms with Crippen molar-refractivity contribution in [3.05, 3.63) is 49.8 Å². The molecule has 0 amide bonds. The minimum atomic E-state index is -0.273. The molecular weight excluding hydrogens is 356 g/mol. The smallest absolute Gasteiger partial charge is 0.267 e. The summed E-state index contributed by atoms with van der Waals surface area (Å²) in [5.74, 6) is 0.736. The largest absolute Gasteiger partial charge is 0.497 e. The summed E-state index contributed by atoms with van der Waals surface area (Å²) in [7, 11) is 1.61. The molecule has 0 bridgehead atoms. The molecule has 3 heterocycles. The van der Waals surface area contributed by atoms with Gasteiger partial charge in [-0.3, -0.25) is 9.36 Å². The van der Waals surface area contributed by atoms with Gasteiger partial charge in [0.25, 0.3) is 5.56 Å². The number of fused-ring (bicyclic) bond motifs is 3. The summed E-state index contributed by atoms with van der Waals surface area (Å²) in [5.41, 5.74) is 1.44. The molecule has 0 unspecified atom stereocenters. The van der Waals surface area contributed by atoms with E-state index in [1.54, 1.807) is 23.0 Å². The number of aromatic nitrogens is 2. The van der Waals surface area contributed by atoms with Gasteiger partial charge >= 0.3 is 0 Å². The van der Waals surface area contributed by atoms with Gasteiger partial charge in [0.05, 0.1) is 30.4 Å². The highest BCUT2D eigenvalue weighted by Crippen LogP contribution is 2.36. The Hall–Kier alpha value is -1.96. The fraction of sp³-hybridized carbons (Fsp3) is 0.333. The average Bonchev–Trinajstić information content (AvgIpc) is 2.91. The summed E-state index contributed by atoms with van der Waals surface area (Å²) in [6.07, 6.45) is 0.713. The number of thiophene rings is 1. The lowest BCUT2D eigenvalue weighted by Crippen LogP contribution is -2.32. The molecule has 7 heteroatoms. The van der Waals surface area contributed by atoms with Crippen LogP contribution in [0.5, 0.6) is 5.75 Å². The lowest BCUT2D eigenvalue weighted by molar-refractivity contribution is -0.0379. The lowest BCUT2D eigenvalue weighted by atomic mass is 9.94. The zero-order chi connectivity index (χ0) is 17.8. The van der Waals surface area contributed by atoms with E-state index in [-0.39, 0.29) is 11.2 Å². The number of aromatic amines is 1. The molecule has 4 rings (SSSR count).